The van der Waals surface area contributed by atoms with Gasteiger partial charge in [0.15, 0.2) is 0 Å². The first kappa shape index (κ1) is 17.2. The molecule has 0 bridgehead atoms. The van der Waals surface area contributed by atoms with Crippen molar-refractivity contribution in [3.05, 3.63) is 0 Å². The van der Waals surface area contributed by atoms with E-state index >= 15 is 0 Å². The van der Waals surface area contributed by atoms with E-state index in [2.05, 4.69) is 5.32 Å². The molecule has 7 heteroatoms. The normalized spacial score (nSPS) is 17.0. The zero-order chi connectivity index (χ0) is 15.9. The number of carboxylic acids is 1. The molecule has 0 spiro atoms. The summed E-state index contributed by atoms with van der Waals surface area (Å²) in [5.74, 6) is -0.903. The van der Waals surface area contributed by atoms with Crippen molar-refractivity contribution in [2.75, 3.05) is 26.3 Å². The molecule has 1 rings (SSSR count). The summed E-state index contributed by atoms with van der Waals surface area (Å²) in [6.45, 7) is 4.93. The Morgan fingerprint density at radius 1 is 1.43 bits per heavy atom. The van der Waals surface area contributed by atoms with Crippen molar-refractivity contribution >= 4 is 12.0 Å². The van der Waals surface area contributed by atoms with Crippen LogP contribution in [0.3, 0.4) is 0 Å². The molecule has 118 valence electrons. The Kier molecular flexibility index (Phi) is 6.43. The lowest BCUT2D eigenvalue weighted by Crippen LogP contribution is -2.51. The lowest BCUT2D eigenvalue weighted by atomic mass is 9.80. The largest absolute Gasteiger partial charge is 0.481 e. The fraction of sp³-hybridized carbons (Fsp3) is 0.786. The quantitative estimate of drug-likeness (QED) is 0.767. The van der Waals surface area contributed by atoms with Crippen molar-refractivity contribution in [3.63, 3.8) is 0 Å². The molecule has 7 nitrogen and oxygen atoms in total. The first-order chi connectivity index (χ1) is 9.93. The summed E-state index contributed by atoms with van der Waals surface area (Å²) in [6.07, 6.45) is 1.04. The van der Waals surface area contributed by atoms with Gasteiger partial charge in [0, 0.05) is 32.3 Å². The van der Waals surface area contributed by atoms with Gasteiger partial charge in [-0.15, -0.1) is 0 Å². The summed E-state index contributed by atoms with van der Waals surface area (Å²) in [5.41, 5.74) is -0.953. The highest BCUT2D eigenvalue weighted by atomic mass is 16.5. The van der Waals surface area contributed by atoms with Crippen molar-refractivity contribution in [3.8, 4) is 6.07 Å². The van der Waals surface area contributed by atoms with Crippen LogP contribution in [0.1, 0.15) is 33.1 Å². The van der Waals surface area contributed by atoms with Crippen molar-refractivity contribution in [1.82, 2.24) is 10.2 Å². The van der Waals surface area contributed by atoms with Gasteiger partial charge >= 0.3 is 12.0 Å². The van der Waals surface area contributed by atoms with Crippen LogP contribution in [0.15, 0.2) is 0 Å². The number of carboxylic acid groups (broad SMARTS) is 1. The highest BCUT2D eigenvalue weighted by Gasteiger charge is 2.40. The minimum atomic E-state index is -0.953. The van der Waals surface area contributed by atoms with Crippen LogP contribution in [0.25, 0.3) is 0 Å². The first-order valence-corrected chi connectivity index (χ1v) is 7.15. The van der Waals surface area contributed by atoms with Crippen LogP contribution in [0.5, 0.6) is 0 Å². The van der Waals surface area contributed by atoms with Gasteiger partial charge in [0.25, 0.3) is 0 Å². The number of carbonyl (C=O) groups is 2. The smallest absolute Gasteiger partial charge is 0.317 e. The Morgan fingerprint density at radius 3 is 2.52 bits per heavy atom. The third-order valence-electron chi connectivity index (χ3n) is 3.83. The van der Waals surface area contributed by atoms with Crippen LogP contribution < -0.4 is 5.32 Å². The standard InChI is InChI=1S/C14H23N3O4/c1-11(2)17(7-3-6-15)13(20)16-10-14(12(18)19)4-8-21-9-5-14/h11H,3-5,7-10H2,1-2H3,(H,16,20)(H,18,19). The van der Waals surface area contributed by atoms with Gasteiger partial charge in [-0.05, 0) is 26.7 Å². The van der Waals surface area contributed by atoms with Gasteiger partial charge in [-0.2, -0.15) is 5.26 Å². The van der Waals surface area contributed by atoms with E-state index in [9.17, 15) is 14.7 Å². The number of ether oxygens (including phenoxy) is 1. The predicted molar refractivity (Wildman–Crippen MR) is 75.6 cm³/mol. The molecule has 0 aromatic carbocycles. The van der Waals surface area contributed by atoms with Crippen LogP contribution in [0, 0.1) is 16.7 Å². The summed E-state index contributed by atoms with van der Waals surface area (Å²) in [5, 5.41) is 20.8. The molecule has 2 amide bonds. The summed E-state index contributed by atoms with van der Waals surface area (Å²) in [4.78, 5) is 25.2. The molecule has 0 radical (unpaired) electrons. The number of hydrogen-bond acceptors (Lipinski definition) is 4. The zero-order valence-electron chi connectivity index (χ0n) is 12.6. The Hall–Kier alpha value is -1.81. The Morgan fingerprint density at radius 2 is 2.05 bits per heavy atom. The third kappa shape index (κ3) is 4.60. The summed E-state index contributed by atoms with van der Waals surface area (Å²) in [7, 11) is 0. The van der Waals surface area contributed by atoms with E-state index < -0.39 is 11.4 Å². The number of nitrogens with one attached hydrogen (secondary N) is 1. The Balaban J connectivity index is 2.63. The highest BCUT2D eigenvalue weighted by Crippen LogP contribution is 2.30. The number of hydrogen-bond donors (Lipinski definition) is 2. The van der Waals surface area contributed by atoms with E-state index in [0.29, 0.717) is 32.6 Å². The average molecular weight is 297 g/mol. The Labute approximate surface area is 124 Å². The highest BCUT2D eigenvalue weighted by molar-refractivity contribution is 5.78. The van der Waals surface area contributed by atoms with Crippen LogP contribution in [-0.4, -0.2) is 54.4 Å². The van der Waals surface area contributed by atoms with Crippen LogP contribution in [0.2, 0.25) is 0 Å². The van der Waals surface area contributed by atoms with Gasteiger partial charge in [0.1, 0.15) is 0 Å². The van der Waals surface area contributed by atoms with Crippen LogP contribution in [0.4, 0.5) is 4.79 Å². The fourth-order valence-electron chi connectivity index (χ4n) is 2.34. The maximum Gasteiger partial charge on any atom is 0.317 e. The van der Waals surface area contributed by atoms with E-state index in [1.807, 2.05) is 19.9 Å². The van der Waals surface area contributed by atoms with Crippen molar-refractivity contribution in [1.29, 1.82) is 5.26 Å². The molecular formula is C14H23N3O4. The first-order valence-electron chi connectivity index (χ1n) is 7.15. The van der Waals surface area contributed by atoms with E-state index in [1.165, 1.54) is 4.90 Å². The summed E-state index contributed by atoms with van der Waals surface area (Å²) < 4.78 is 5.20. The van der Waals surface area contributed by atoms with Crippen molar-refractivity contribution in [2.24, 2.45) is 5.41 Å². The molecule has 0 aliphatic carbocycles. The molecule has 0 aromatic heterocycles. The van der Waals surface area contributed by atoms with E-state index in [1.54, 1.807) is 0 Å². The van der Waals surface area contributed by atoms with Gasteiger partial charge in [-0.1, -0.05) is 0 Å². The molecule has 1 saturated heterocycles. The van der Waals surface area contributed by atoms with Crippen LogP contribution >= 0.6 is 0 Å². The molecule has 0 unspecified atom stereocenters. The van der Waals surface area contributed by atoms with Gasteiger partial charge in [0.05, 0.1) is 17.9 Å². The lowest BCUT2D eigenvalue weighted by Gasteiger charge is -2.34. The molecule has 2 N–H and O–H groups in total. The molecule has 1 aliphatic heterocycles. The molecule has 0 atom stereocenters. The van der Waals surface area contributed by atoms with E-state index in [4.69, 9.17) is 10.00 Å². The van der Waals surface area contributed by atoms with E-state index in [-0.39, 0.29) is 25.0 Å². The van der Waals surface area contributed by atoms with Crippen molar-refractivity contribution in [2.45, 2.75) is 39.2 Å². The van der Waals surface area contributed by atoms with Gasteiger partial charge in [0.2, 0.25) is 0 Å². The van der Waals surface area contributed by atoms with Gasteiger partial charge < -0.3 is 20.1 Å². The lowest BCUT2D eigenvalue weighted by molar-refractivity contribution is -0.154. The minimum Gasteiger partial charge on any atom is -0.481 e. The molecule has 21 heavy (non-hydrogen) atoms. The maximum absolute atomic E-state index is 12.2. The molecule has 1 heterocycles. The third-order valence-corrected chi connectivity index (χ3v) is 3.83. The number of rotatable bonds is 6. The zero-order valence-corrected chi connectivity index (χ0v) is 12.6. The number of carbonyl (C=O) groups excluding carboxylic acids is 1. The van der Waals surface area contributed by atoms with Gasteiger partial charge in [-0.25, -0.2) is 4.79 Å². The number of nitrogens with zero attached hydrogens (tertiary/aromatic N) is 2. The van der Waals surface area contributed by atoms with E-state index in [0.717, 1.165) is 0 Å². The average Bonchev–Trinajstić information content (AvgIpc) is 2.46. The molecule has 0 aromatic rings. The van der Waals surface area contributed by atoms with Crippen LogP contribution in [-0.2, 0) is 9.53 Å². The summed E-state index contributed by atoms with van der Waals surface area (Å²) >= 11 is 0. The number of amides is 2. The second kappa shape index (κ2) is 7.84. The Bertz CT molecular complexity index is 411. The molecule has 1 fully saturated rings. The molecule has 0 saturated carbocycles. The SMILES string of the molecule is CC(C)N(CCC#N)C(=O)NCC1(C(=O)O)CCOCC1. The maximum atomic E-state index is 12.2. The topological polar surface area (TPSA) is 103 Å². The van der Waals surface area contributed by atoms with Crippen molar-refractivity contribution < 1.29 is 19.4 Å². The fourth-order valence-corrected chi connectivity index (χ4v) is 2.34. The van der Waals surface area contributed by atoms with Gasteiger partial charge in [-0.3, -0.25) is 4.79 Å². The number of aliphatic carboxylic acids is 1. The predicted octanol–water partition coefficient (Wildman–Crippen LogP) is 1.20. The monoisotopic (exact) mass is 297 g/mol. The molecular weight excluding hydrogens is 274 g/mol. The second-order valence-corrected chi connectivity index (χ2v) is 5.55. The summed E-state index contributed by atoms with van der Waals surface area (Å²) in [6, 6.07) is 1.63. The molecule has 1 aliphatic rings. The number of urea groups is 1. The minimum absolute atomic E-state index is 0.0474. The second-order valence-electron chi connectivity index (χ2n) is 5.55. The number of nitriles is 1.